The average Bonchev–Trinajstić information content (AvgIpc) is 2.66. The van der Waals surface area contributed by atoms with Gasteiger partial charge in [-0.3, -0.25) is 4.79 Å². The molecule has 144 valence electrons. The van der Waals surface area contributed by atoms with Gasteiger partial charge in [0.2, 0.25) is 0 Å². The molecule has 2 aromatic rings. The highest BCUT2D eigenvalue weighted by Gasteiger charge is 2.40. The van der Waals surface area contributed by atoms with Gasteiger partial charge in [-0.2, -0.15) is 8.78 Å². The number of aliphatic carboxylic acids is 1. The van der Waals surface area contributed by atoms with Crippen molar-refractivity contribution < 1.29 is 33.0 Å². The summed E-state index contributed by atoms with van der Waals surface area (Å²) in [5.74, 6) is -2.20. The highest BCUT2D eigenvalue weighted by atomic mass is 19.3. The molecule has 0 aliphatic carbocycles. The predicted octanol–water partition coefficient (Wildman–Crippen LogP) is 3.42. The molecule has 0 spiro atoms. The Bertz CT molecular complexity index is 813. The molecule has 6 nitrogen and oxygen atoms in total. The van der Waals surface area contributed by atoms with Crippen LogP contribution >= 0.6 is 0 Å². The molecule has 8 heteroatoms. The zero-order valence-electron chi connectivity index (χ0n) is 14.7. The van der Waals surface area contributed by atoms with E-state index < -0.39 is 24.0 Å². The molecule has 0 aliphatic heterocycles. The first kappa shape index (κ1) is 20.2. The lowest BCUT2D eigenvalue weighted by atomic mass is 9.87. The number of halogens is 2. The van der Waals surface area contributed by atoms with Crippen molar-refractivity contribution in [3.63, 3.8) is 0 Å². The maximum Gasteiger partial charge on any atom is 0.387 e. The summed E-state index contributed by atoms with van der Waals surface area (Å²) in [4.78, 5) is 24.7. The second kappa shape index (κ2) is 8.48. The lowest BCUT2D eigenvalue weighted by molar-refractivity contribution is -0.145. The molecule has 2 N–H and O–H groups in total. The fraction of sp³-hybridized carbons (Fsp3) is 0.263. The fourth-order valence-electron chi connectivity index (χ4n) is 2.68. The Labute approximate surface area is 154 Å². The van der Waals surface area contributed by atoms with Gasteiger partial charge in [-0.15, -0.1) is 0 Å². The number of methoxy groups -OCH3 is 1. The summed E-state index contributed by atoms with van der Waals surface area (Å²) in [6.07, 6.45) is 0.0990. The van der Waals surface area contributed by atoms with E-state index in [2.05, 4.69) is 10.1 Å². The number of benzene rings is 2. The molecule has 0 aromatic heterocycles. The molecule has 1 amide bonds. The Balaban J connectivity index is 2.37. The van der Waals surface area contributed by atoms with Crippen LogP contribution in [-0.2, 0) is 10.3 Å². The zero-order valence-corrected chi connectivity index (χ0v) is 14.7. The summed E-state index contributed by atoms with van der Waals surface area (Å²) < 4.78 is 34.1. The number of rotatable bonds is 8. The van der Waals surface area contributed by atoms with Crippen LogP contribution in [0.1, 0.15) is 29.3 Å². The van der Waals surface area contributed by atoms with Gasteiger partial charge in [0.25, 0.3) is 5.91 Å². The van der Waals surface area contributed by atoms with E-state index in [4.69, 9.17) is 4.74 Å². The van der Waals surface area contributed by atoms with E-state index in [0.29, 0.717) is 5.56 Å². The molecule has 0 aliphatic rings. The first-order valence-corrected chi connectivity index (χ1v) is 8.08. The molecule has 0 heterocycles. The zero-order chi connectivity index (χ0) is 20.0. The van der Waals surface area contributed by atoms with Crippen LogP contribution in [0.5, 0.6) is 11.5 Å². The van der Waals surface area contributed by atoms with Crippen molar-refractivity contribution in [2.24, 2.45) is 0 Å². The summed E-state index contributed by atoms with van der Waals surface area (Å²) in [7, 11) is 1.24. The van der Waals surface area contributed by atoms with Crippen molar-refractivity contribution in [3.8, 4) is 11.5 Å². The standard InChI is InChI=1S/C19H19F2NO5/c1-3-19(17(24)25,13-7-5-4-6-8-13)22-16(23)12-9-10-14(27-18(20)21)15(11-12)26-2/h4-11,18H,3H2,1-2H3,(H,22,23)(H,24,25). The molecule has 0 saturated heterocycles. The maximum absolute atomic E-state index is 12.7. The predicted molar refractivity (Wildman–Crippen MR) is 93.1 cm³/mol. The molecule has 0 radical (unpaired) electrons. The quantitative estimate of drug-likeness (QED) is 0.734. The van der Waals surface area contributed by atoms with Gasteiger partial charge in [-0.1, -0.05) is 37.3 Å². The van der Waals surface area contributed by atoms with Gasteiger partial charge in [0.15, 0.2) is 17.0 Å². The SMILES string of the molecule is CCC(NC(=O)c1ccc(OC(F)F)c(OC)c1)(C(=O)O)c1ccccc1. The smallest absolute Gasteiger partial charge is 0.387 e. The minimum atomic E-state index is -3.04. The first-order chi connectivity index (χ1) is 12.8. The normalized spacial score (nSPS) is 12.9. The van der Waals surface area contributed by atoms with Crippen LogP contribution in [-0.4, -0.2) is 30.7 Å². The molecule has 2 aromatic carbocycles. The minimum absolute atomic E-state index is 0.0449. The number of carboxylic acids is 1. The molecule has 27 heavy (non-hydrogen) atoms. The molecule has 0 bridgehead atoms. The van der Waals surface area contributed by atoms with Gasteiger partial charge in [0.1, 0.15) is 0 Å². The van der Waals surface area contributed by atoms with E-state index in [-0.39, 0.29) is 23.5 Å². The van der Waals surface area contributed by atoms with Crippen molar-refractivity contribution >= 4 is 11.9 Å². The monoisotopic (exact) mass is 379 g/mol. The van der Waals surface area contributed by atoms with Crippen LogP contribution < -0.4 is 14.8 Å². The van der Waals surface area contributed by atoms with Crippen molar-refractivity contribution in [1.82, 2.24) is 5.32 Å². The van der Waals surface area contributed by atoms with Crippen LogP contribution in [0.3, 0.4) is 0 Å². The topological polar surface area (TPSA) is 84.9 Å². The van der Waals surface area contributed by atoms with E-state index in [1.54, 1.807) is 37.3 Å². The number of nitrogens with one attached hydrogen (secondary N) is 1. The Kier molecular flexibility index (Phi) is 6.33. The van der Waals surface area contributed by atoms with Crippen molar-refractivity contribution in [3.05, 3.63) is 59.7 Å². The number of ether oxygens (including phenoxy) is 2. The van der Waals surface area contributed by atoms with Crippen LogP contribution in [0.25, 0.3) is 0 Å². The lowest BCUT2D eigenvalue weighted by Crippen LogP contribution is -2.51. The Hall–Kier alpha value is -3.16. The lowest BCUT2D eigenvalue weighted by Gasteiger charge is -2.30. The van der Waals surface area contributed by atoms with Gasteiger partial charge in [0, 0.05) is 5.56 Å². The number of amides is 1. The van der Waals surface area contributed by atoms with E-state index in [1.165, 1.54) is 19.2 Å². The van der Waals surface area contributed by atoms with E-state index >= 15 is 0 Å². The Morgan fingerprint density at radius 2 is 1.81 bits per heavy atom. The van der Waals surface area contributed by atoms with Crippen molar-refractivity contribution in [1.29, 1.82) is 0 Å². The highest BCUT2D eigenvalue weighted by molar-refractivity contribution is 5.98. The summed E-state index contributed by atoms with van der Waals surface area (Å²) in [6, 6.07) is 11.9. The molecular weight excluding hydrogens is 360 g/mol. The molecule has 1 atom stereocenters. The third kappa shape index (κ3) is 4.33. The highest BCUT2D eigenvalue weighted by Crippen LogP contribution is 2.31. The van der Waals surface area contributed by atoms with Crippen molar-refractivity contribution in [2.45, 2.75) is 25.5 Å². The second-order valence-electron chi connectivity index (χ2n) is 5.63. The number of hydrogen-bond donors (Lipinski definition) is 2. The van der Waals surface area contributed by atoms with E-state index in [9.17, 15) is 23.5 Å². The van der Waals surface area contributed by atoms with Gasteiger partial charge >= 0.3 is 12.6 Å². The largest absolute Gasteiger partial charge is 0.493 e. The summed E-state index contributed by atoms with van der Waals surface area (Å²) >= 11 is 0. The first-order valence-electron chi connectivity index (χ1n) is 8.08. The van der Waals surface area contributed by atoms with Crippen LogP contribution in [0, 0.1) is 0 Å². The van der Waals surface area contributed by atoms with Crippen molar-refractivity contribution in [2.75, 3.05) is 7.11 Å². The average molecular weight is 379 g/mol. The fourth-order valence-corrected chi connectivity index (χ4v) is 2.68. The van der Waals surface area contributed by atoms with Gasteiger partial charge in [-0.25, -0.2) is 4.79 Å². The molecule has 2 rings (SSSR count). The molecule has 1 unspecified atom stereocenters. The van der Waals surface area contributed by atoms with E-state index in [1.807, 2.05) is 0 Å². The summed E-state index contributed by atoms with van der Waals surface area (Å²) in [5, 5.41) is 12.3. The minimum Gasteiger partial charge on any atom is -0.493 e. The Morgan fingerprint density at radius 1 is 1.15 bits per heavy atom. The third-order valence-electron chi connectivity index (χ3n) is 4.13. The number of carboxylic acid groups (broad SMARTS) is 1. The van der Waals surface area contributed by atoms with Gasteiger partial charge in [-0.05, 0) is 30.2 Å². The molecular formula is C19H19F2NO5. The van der Waals surface area contributed by atoms with Crippen LogP contribution in [0.2, 0.25) is 0 Å². The van der Waals surface area contributed by atoms with Crippen LogP contribution in [0.15, 0.2) is 48.5 Å². The number of carbonyl (C=O) groups is 2. The summed E-state index contributed by atoms with van der Waals surface area (Å²) in [6.45, 7) is -1.40. The maximum atomic E-state index is 12.7. The molecule has 0 saturated carbocycles. The van der Waals surface area contributed by atoms with Crippen LogP contribution in [0.4, 0.5) is 8.78 Å². The number of alkyl halides is 2. The van der Waals surface area contributed by atoms with Gasteiger partial charge in [0.05, 0.1) is 7.11 Å². The molecule has 0 fully saturated rings. The second-order valence-corrected chi connectivity index (χ2v) is 5.63. The third-order valence-corrected chi connectivity index (χ3v) is 4.13. The number of carbonyl (C=O) groups excluding carboxylic acids is 1. The van der Waals surface area contributed by atoms with Gasteiger partial charge < -0.3 is 19.9 Å². The Morgan fingerprint density at radius 3 is 2.33 bits per heavy atom. The number of hydrogen-bond acceptors (Lipinski definition) is 4. The van der Waals surface area contributed by atoms with E-state index in [0.717, 1.165) is 6.07 Å². The summed E-state index contributed by atoms with van der Waals surface area (Å²) in [5.41, 5.74) is -1.18.